The normalized spacial score (nSPS) is 11.9. The van der Waals surface area contributed by atoms with Crippen LogP contribution in [0.1, 0.15) is 0 Å². The summed E-state index contributed by atoms with van der Waals surface area (Å²) in [6.07, 6.45) is 0. The summed E-state index contributed by atoms with van der Waals surface area (Å²) >= 11 is 0. The van der Waals surface area contributed by atoms with Crippen molar-refractivity contribution >= 4 is 87.2 Å². The van der Waals surface area contributed by atoms with Crippen LogP contribution in [0.4, 0.5) is 0 Å². The van der Waals surface area contributed by atoms with Crippen molar-refractivity contribution in [1.29, 1.82) is 0 Å². The van der Waals surface area contributed by atoms with Gasteiger partial charge < -0.3 is 9.13 Å². The van der Waals surface area contributed by atoms with Gasteiger partial charge in [-0.15, -0.1) is 0 Å². The predicted molar refractivity (Wildman–Crippen MR) is 258 cm³/mol. The van der Waals surface area contributed by atoms with Gasteiger partial charge in [0.2, 0.25) is 0 Å². The van der Waals surface area contributed by atoms with Gasteiger partial charge in [-0.1, -0.05) is 158 Å². The maximum Gasteiger partial charge on any atom is 0.164 e. The fraction of sp³-hybridized carbons (Fsp3) is 0. The lowest BCUT2D eigenvalue weighted by molar-refractivity contribution is 1.17. The van der Waals surface area contributed by atoms with E-state index in [2.05, 4.69) is 203 Å². The fourth-order valence-corrected chi connectivity index (χ4v) is 9.72. The van der Waals surface area contributed by atoms with Gasteiger partial charge >= 0.3 is 0 Å². The molecule has 0 aliphatic heterocycles. The van der Waals surface area contributed by atoms with Crippen LogP contribution in [0, 0.1) is 0 Å². The molecule has 0 atom stereocenters. The van der Waals surface area contributed by atoms with Gasteiger partial charge in [-0.25, -0.2) is 15.0 Å². The van der Waals surface area contributed by atoms with Gasteiger partial charge in [-0.05, 0) is 81.9 Å². The molecule has 0 aliphatic rings. The summed E-state index contributed by atoms with van der Waals surface area (Å²) in [5.41, 5.74) is 11.4. The third-order valence-electron chi connectivity index (χ3n) is 12.5. The van der Waals surface area contributed by atoms with Crippen molar-refractivity contribution in [1.82, 2.24) is 24.1 Å². The average Bonchev–Trinajstić information content (AvgIpc) is 3.86. The topological polar surface area (TPSA) is 48.5 Å². The Hall–Kier alpha value is -8.41. The van der Waals surface area contributed by atoms with E-state index in [0.717, 1.165) is 65.7 Å². The smallest absolute Gasteiger partial charge is 0.164 e. The van der Waals surface area contributed by atoms with Crippen molar-refractivity contribution < 1.29 is 0 Å². The quantitative estimate of drug-likeness (QED) is 0.178. The first kappa shape index (κ1) is 34.5. The number of aromatic nitrogens is 5. The summed E-state index contributed by atoms with van der Waals surface area (Å²) in [6.45, 7) is 0. The Morgan fingerprint density at radius 3 is 1.55 bits per heavy atom. The maximum atomic E-state index is 5.24. The van der Waals surface area contributed by atoms with Gasteiger partial charge in [0, 0.05) is 54.6 Å². The molecule has 0 amide bonds. The molecule has 0 aliphatic carbocycles. The van der Waals surface area contributed by atoms with Crippen molar-refractivity contribution in [2.75, 3.05) is 0 Å². The van der Waals surface area contributed by atoms with E-state index in [1.54, 1.807) is 0 Å². The first-order chi connectivity index (χ1) is 30.7. The minimum atomic E-state index is 0.644. The molecule has 62 heavy (non-hydrogen) atoms. The number of rotatable bonds is 4. The Balaban J connectivity index is 1.20. The van der Waals surface area contributed by atoms with Crippen LogP contribution in [0.25, 0.3) is 121 Å². The Morgan fingerprint density at radius 1 is 0.274 bits per heavy atom. The molecule has 13 aromatic rings. The molecule has 4 bridgehead atoms. The first-order valence-electron chi connectivity index (χ1n) is 21.0. The molecule has 0 spiro atoms. The number of nitrogens with zero attached hydrogens (tertiary/aromatic N) is 5. The van der Waals surface area contributed by atoms with Crippen LogP contribution in [-0.2, 0) is 0 Å². The number of benzene rings is 9. The zero-order valence-corrected chi connectivity index (χ0v) is 33.4. The lowest BCUT2D eigenvalue weighted by Crippen LogP contribution is -1.96. The summed E-state index contributed by atoms with van der Waals surface area (Å²) in [5, 5.41) is 11.1. The second-order valence-corrected chi connectivity index (χ2v) is 16.0. The third-order valence-corrected chi connectivity index (χ3v) is 12.5. The number of hydrogen-bond donors (Lipinski definition) is 0. The monoisotopic (exact) mass is 789 g/mol. The molecule has 0 N–H and O–H groups in total. The van der Waals surface area contributed by atoms with Gasteiger partial charge in [0.25, 0.3) is 0 Å². The summed E-state index contributed by atoms with van der Waals surface area (Å²) in [5.74, 6) is 0.650. The van der Waals surface area contributed by atoms with Crippen LogP contribution in [0.5, 0.6) is 0 Å². The highest BCUT2D eigenvalue weighted by Gasteiger charge is 2.20. The molecule has 5 heteroatoms. The molecule has 13 rings (SSSR count). The lowest BCUT2D eigenvalue weighted by Gasteiger charge is -2.12. The van der Waals surface area contributed by atoms with E-state index < -0.39 is 0 Å². The summed E-state index contributed by atoms with van der Waals surface area (Å²) < 4.78 is 4.88. The van der Waals surface area contributed by atoms with E-state index in [4.69, 9.17) is 15.0 Å². The SMILES string of the molecule is c1ccc(-c2ccc3c4ccccc4n(-c4ccc5c(c4)c4cc6cc(c7ccccc7c7nc(-c8ccccc8)nc(n7)c7ccccc67)c4n5-c4ccccc4)c3c2)cc1. The van der Waals surface area contributed by atoms with Gasteiger partial charge in [-0.2, -0.15) is 0 Å². The highest BCUT2D eigenvalue weighted by molar-refractivity contribution is 6.25. The molecule has 5 nitrogen and oxygen atoms in total. The van der Waals surface area contributed by atoms with Crippen LogP contribution in [0.3, 0.4) is 0 Å². The van der Waals surface area contributed by atoms with Crippen molar-refractivity contribution in [3.8, 4) is 33.9 Å². The highest BCUT2D eigenvalue weighted by atomic mass is 15.0. The Morgan fingerprint density at radius 2 is 0.823 bits per heavy atom. The average molecular weight is 790 g/mol. The van der Waals surface area contributed by atoms with E-state index in [0.29, 0.717) is 17.1 Å². The summed E-state index contributed by atoms with van der Waals surface area (Å²) in [7, 11) is 0. The second kappa shape index (κ2) is 13.6. The van der Waals surface area contributed by atoms with Crippen LogP contribution in [-0.4, -0.2) is 24.1 Å². The van der Waals surface area contributed by atoms with Gasteiger partial charge in [0.05, 0.1) is 22.1 Å². The Bertz CT molecular complexity index is 3960. The minimum absolute atomic E-state index is 0.644. The van der Waals surface area contributed by atoms with Crippen LogP contribution < -0.4 is 0 Å². The van der Waals surface area contributed by atoms with Crippen molar-refractivity contribution in [3.63, 3.8) is 0 Å². The molecule has 0 saturated heterocycles. The Kier molecular flexibility index (Phi) is 7.54. The molecule has 288 valence electrons. The number of fused-ring (bicyclic) bond motifs is 17. The van der Waals surface area contributed by atoms with E-state index in [1.807, 2.05) is 18.2 Å². The zero-order valence-electron chi connectivity index (χ0n) is 33.4. The van der Waals surface area contributed by atoms with E-state index in [1.165, 1.54) is 38.3 Å². The first-order valence-corrected chi connectivity index (χ1v) is 21.0. The van der Waals surface area contributed by atoms with E-state index >= 15 is 0 Å². The molecule has 0 saturated carbocycles. The molecule has 0 fully saturated rings. The van der Waals surface area contributed by atoms with Crippen molar-refractivity contribution in [3.05, 3.63) is 212 Å². The number of para-hydroxylation sites is 2. The van der Waals surface area contributed by atoms with Gasteiger partial charge in [0.15, 0.2) is 17.1 Å². The fourth-order valence-electron chi connectivity index (χ4n) is 9.72. The Labute approximate surface area is 356 Å². The second-order valence-electron chi connectivity index (χ2n) is 16.0. The molecular weight excluding hydrogens is 755 g/mol. The standard InChI is InChI=1S/C57H35N5/c1-4-16-36(17-5-1)38-28-30-45-44-24-14-15-27-51(44)61(53(45)34-38)41-29-31-52-48(35-41)50-33-39-32-49(54(50)62(52)40-20-8-3-9-21-40)43-23-11-13-26-47(43)57-59-55(37-18-6-2-7-19-37)58-56(60-57)46-25-12-10-22-42(39)46/h1-35H. The van der Waals surface area contributed by atoms with Crippen LogP contribution in [0.15, 0.2) is 212 Å². The van der Waals surface area contributed by atoms with E-state index in [-0.39, 0.29) is 0 Å². The zero-order chi connectivity index (χ0) is 40.7. The van der Waals surface area contributed by atoms with Gasteiger partial charge in [-0.3, -0.25) is 0 Å². The molecule has 0 radical (unpaired) electrons. The molecule has 9 aromatic carbocycles. The summed E-state index contributed by atoms with van der Waals surface area (Å²) in [4.78, 5) is 15.6. The molecular formula is C57H35N5. The van der Waals surface area contributed by atoms with Crippen molar-refractivity contribution in [2.24, 2.45) is 0 Å². The number of hydrogen-bond acceptors (Lipinski definition) is 3. The largest absolute Gasteiger partial charge is 0.309 e. The van der Waals surface area contributed by atoms with Crippen LogP contribution >= 0.6 is 0 Å². The molecule has 0 unspecified atom stereocenters. The van der Waals surface area contributed by atoms with E-state index in [9.17, 15) is 0 Å². The van der Waals surface area contributed by atoms with Crippen molar-refractivity contribution in [2.45, 2.75) is 0 Å². The lowest BCUT2D eigenvalue weighted by atomic mass is 10.00. The molecule has 4 heterocycles. The van der Waals surface area contributed by atoms with Crippen LogP contribution in [0.2, 0.25) is 0 Å². The highest BCUT2D eigenvalue weighted by Crippen LogP contribution is 2.42. The molecule has 4 aromatic heterocycles. The minimum Gasteiger partial charge on any atom is -0.309 e. The third kappa shape index (κ3) is 5.25. The predicted octanol–water partition coefficient (Wildman–Crippen LogP) is 14.6. The van der Waals surface area contributed by atoms with Gasteiger partial charge in [0.1, 0.15) is 0 Å². The summed E-state index contributed by atoms with van der Waals surface area (Å²) in [6, 6.07) is 76.1. The maximum absolute atomic E-state index is 5.24.